The molecule has 0 fully saturated rings. The van der Waals surface area contributed by atoms with Crippen LogP contribution in [0.2, 0.25) is 0 Å². The molecule has 0 saturated carbocycles. The van der Waals surface area contributed by atoms with Crippen molar-refractivity contribution in [3.8, 4) is 17.1 Å². The van der Waals surface area contributed by atoms with E-state index < -0.39 is 17.9 Å². The van der Waals surface area contributed by atoms with Crippen LogP contribution in [0.4, 0.5) is 14.9 Å². The summed E-state index contributed by atoms with van der Waals surface area (Å²) in [6.45, 7) is 3.77. The molecule has 2 amide bonds. The van der Waals surface area contributed by atoms with Crippen LogP contribution in [0.15, 0.2) is 83.0 Å². The fourth-order valence-electron chi connectivity index (χ4n) is 4.25. The zero-order chi connectivity index (χ0) is 24.5. The van der Waals surface area contributed by atoms with Gasteiger partial charge in [0.1, 0.15) is 11.6 Å². The lowest BCUT2D eigenvalue weighted by Gasteiger charge is -2.35. The van der Waals surface area contributed by atoms with E-state index >= 15 is 0 Å². The van der Waals surface area contributed by atoms with Crippen molar-refractivity contribution in [2.45, 2.75) is 19.9 Å². The molecule has 4 aromatic rings. The highest BCUT2D eigenvalue weighted by atomic mass is 19.1. The first-order valence-electron chi connectivity index (χ1n) is 11.1. The Morgan fingerprint density at radius 2 is 1.83 bits per heavy atom. The molecule has 7 nitrogen and oxygen atoms in total. The summed E-state index contributed by atoms with van der Waals surface area (Å²) in [7, 11) is 1.58. The standard InChI is InChI=1S/C27H23FN4O3/c1-16-7-4-9-19(13-16)25-30-26(35-31-25)23-17(2)32(21-11-6-10-20(28)15-21)27(33)29-24(23)18-8-5-12-22(14-18)34-3/h4-15,24H,1-3H3,(H,29,33). The highest BCUT2D eigenvalue weighted by Crippen LogP contribution is 2.39. The number of methoxy groups -OCH3 is 1. The number of carbonyl (C=O) groups is 1. The van der Waals surface area contributed by atoms with Crippen molar-refractivity contribution in [2.75, 3.05) is 12.0 Å². The molecule has 1 unspecified atom stereocenters. The van der Waals surface area contributed by atoms with Crippen molar-refractivity contribution in [1.82, 2.24) is 15.5 Å². The molecule has 1 aliphatic heterocycles. The summed E-state index contributed by atoms with van der Waals surface area (Å²) < 4.78 is 25.1. The zero-order valence-corrected chi connectivity index (χ0v) is 19.4. The Kier molecular flexibility index (Phi) is 5.78. The molecular weight excluding hydrogens is 447 g/mol. The lowest BCUT2D eigenvalue weighted by atomic mass is 9.94. The van der Waals surface area contributed by atoms with Crippen LogP contribution in [0.5, 0.6) is 5.75 Å². The molecule has 1 N–H and O–H groups in total. The number of aromatic nitrogens is 2. The van der Waals surface area contributed by atoms with Crippen molar-refractivity contribution in [3.05, 3.63) is 101 Å². The Morgan fingerprint density at radius 3 is 2.60 bits per heavy atom. The Hall–Kier alpha value is -4.46. The van der Waals surface area contributed by atoms with Crippen LogP contribution in [-0.2, 0) is 0 Å². The van der Waals surface area contributed by atoms with Crippen LogP contribution in [0.3, 0.4) is 0 Å². The lowest BCUT2D eigenvalue weighted by molar-refractivity contribution is 0.244. The number of allylic oxidation sites excluding steroid dienone is 1. The normalized spacial score (nSPS) is 15.8. The number of benzene rings is 3. The van der Waals surface area contributed by atoms with Gasteiger partial charge in [-0.15, -0.1) is 0 Å². The molecule has 0 radical (unpaired) electrons. The average Bonchev–Trinajstić information content (AvgIpc) is 3.33. The van der Waals surface area contributed by atoms with E-state index in [0.717, 1.165) is 16.7 Å². The number of hydrogen-bond acceptors (Lipinski definition) is 5. The largest absolute Gasteiger partial charge is 0.497 e. The molecule has 1 aromatic heterocycles. The van der Waals surface area contributed by atoms with E-state index in [9.17, 15) is 9.18 Å². The quantitative estimate of drug-likeness (QED) is 0.393. The third-order valence-electron chi connectivity index (χ3n) is 5.91. The van der Waals surface area contributed by atoms with Gasteiger partial charge in [0.2, 0.25) is 5.82 Å². The van der Waals surface area contributed by atoms with Gasteiger partial charge in [0, 0.05) is 11.3 Å². The second kappa shape index (κ2) is 9.06. The number of aryl methyl sites for hydroxylation is 1. The van der Waals surface area contributed by atoms with Gasteiger partial charge in [0.05, 0.1) is 24.4 Å². The number of rotatable bonds is 5. The van der Waals surface area contributed by atoms with Crippen LogP contribution in [0.25, 0.3) is 17.0 Å². The number of anilines is 1. The fraction of sp³-hybridized carbons (Fsp3) is 0.148. The number of urea groups is 1. The Labute approximate surface area is 201 Å². The number of halogens is 1. The maximum absolute atomic E-state index is 14.0. The minimum atomic E-state index is -0.590. The third kappa shape index (κ3) is 4.26. The van der Waals surface area contributed by atoms with Crippen LogP contribution >= 0.6 is 0 Å². The van der Waals surface area contributed by atoms with Gasteiger partial charge in [-0.2, -0.15) is 4.98 Å². The molecule has 0 bridgehead atoms. The molecule has 0 spiro atoms. The first-order valence-corrected chi connectivity index (χ1v) is 11.1. The van der Waals surface area contributed by atoms with Crippen LogP contribution < -0.4 is 15.0 Å². The fourth-order valence-corrected chi connectivity index (χ4v) is 4.25. The van der Waals surface area contributed by atoms with Gasteiger partial charge in [-0.25, -0.2) is 9.18 Å². The van der Waals surface area contributed by atoms with E-state index in [2.05, 4.69) is 15.5 Å². The van der Waals surface area contributed by atoms with Gasteiger partial charge in [0.25, 0.3) is 5.89 Å². The van der Waals surface area contributed by atoms with Crippen LogP contribution in [-0.4, -0.2) is 23.3 Å². The van der Waals surface area contributed by atoms with Crippen molar-refractivity contribution < 1.29 is 18.4 Å². The predicted octanol–water partition coefficient (Wildman–Crippen LogP) is 5.89. The Morgan fingerprint density at radius 1 is 1.03 bits per heavy atom. The summed E-state index contributed by atoms with van der Waals surface area (Å²) in [5.41, 5.74) is 4.21. The maximum Gasteiger partial charge on any atom is 0.327 e. The number of hydrogen-bond donors (Lipinski definition) is 1. The summed E-state index contributed by atoms with van der Waals surface area (Å²) in [5.74, 6) is 0.891. The molecule has 8 heteroatoms. The highest BCUT2D eigenvalue weighted by molar-refractivity contribution is 6.01. The number of ether oxygens (including phenoxy) is 1. The number of nitrogens with one attached hydrogen (secondary N) is 1. The first-order chi connectivity index (χ1) is 16.9. The Bertz CT molecular complexity index is 1450. The minimum absolute atomic E-state index is 0.258. The van der Waals surface area contributed by atoms with Crippen molar-refractivity contribution >= 4 is 17.3 Å². The van der Waals surface area contributed by atoms with Crippen LogP contribution in [0, 0.1) is 12.7 Å². The number of carbonyl (C=O) groups excluding carboxylic acids is 1. The molecule has 35 heavy (non-hydrogen) atoms. The summed E-state index contributed by atoms with van der Waals surface area (Å²) in [5, 5.41) is 7.21. The van der Waals surface area contributed by atoms with Gasteiger partial charge in [-0.1, -0.05) is 47.1 Å². The summed E-state index contributed by atoms with van der Waals surface area (Å²) >= 11 is 0. The monoisotopic (exact) mass is 470 g/mol. The molecule has 176 valence electrons. The number of amides is 2. The third-order valence-corrected chi connectivity index (χ3v) is 5.91. The lowest BCUT2D eigenvalue weighted by Crippen LogP contribution is -2.46. The van der Waals surface area contributed by atoms with Gasteiger partial charge < -0.3 is 14.6 Å². The summed E-state index contributed by atoms with van der Waals surface area (Å²) in [6.07, 6.45) is 0. The molecular formula is C27H23FN4O3. The highest BCUT2D eigenvalue weighted by Gasteiger charge is 2.36. The van der Waals surface area contributed by atoms with E-state index in [0.29, 0.717) is 28.5 Å². The van der Waals surface area contributed by atoms with Gasteiger partial charge in [-0.3, -0.25) is 4.90 Å². The molecule has 3 aromatic carbocycles. The van der Waals surface area contributed by atoms with Crippen molar-refractivity contribution in [1.29, 1.82) is 0 Å². The molecule has 2 heterocycles. The molecule has 1 atom stereocenters. The maximum atomic E-state index is 14.0. The van der Waals surface area contributed by atoms with Crippen molar-refractivity contribution in [2.24, 2.45) is 0 Å². The summed E-state index contributed by atoms with van der Waals surface area (Å²) in [6, 6.07) is 20.1. The Balaban J connectivity index is 1.67. The minimum Gasteiger partial charge on any atom is -0.497 e. The molecule has 0 saturated heterocycles. The predicted molar refractivity (Wildman–Crippen MR) is 130 cm³/mol. The van der Waals surface area contributed by atoms with Crippen LogP contribution in [0.1, 0.15) is 30.0 Å². The number of nitrogens with zero attached hydrogens (tertiary/aromatic N) is 3. The topological polar surface area (TPSA) is 80.5 Å². The zero-order valence-electron chi connectivity index (χ0n) is 19.4. The first kappa shape index (κ1) is 22.3. The van der Waals surface area contributed by atoms with Gasteiger partial charge in [0.15, 0.2) is 0 Å². The second-order valence-corrected chi connectivity index (χ2v) is 8.27. The molecule has 5 rings (SSSR count). The molecule has 0 aliphatic carbocycles. The van der Waals surface area contributed by atoms with E-state index in [1.807, 2.05) is 55.5 Å². The van der Waals surface area contributed by atoms with Crippen molar-refractivity contribution in [3.63, 3.8) is 0 Å². The van der Waals surface area contributed by atoms with E-state index in [1.165, 1.54) is 17.0 Å². The summed E-state index contributed by atoms with van der Waals surface area (Å²) in [4.78, 5) is 19.3. The second-order valence-electron chi connectivity index (χ2n) is 8.27. The van der Waals surface area contributed by atoms with Gasteiger partial charge in [-0.05, 0) is 55.8 Å². The van der Waals surface area contributed by atoms with E-state index in [-0.39, 0.29) is 5.89 Å². The van der Waals surface area contributed by atoms with E-state index in [4.69, 9.17) is 9.26 Å². The average molecular weight is 471 g/mol. The van der Waals surface area contributed by atoms with E-state index in [1.54, 1.807) is 26.2 Å². The van der Waals surface area contributed by atoms with Gasteiger partial charge >= 0.3 is 6.03 Å². The smallest absolute Gasteiger partial charge is 0.327 e. The SMILES string of the molecule is COc1cccc(C2NC(=O)N(c3cccc(F)c3)C(C)=C2c2nc(-c3cccc(C)c3)no2)c1. The molecule has 1 aliphatic rings.